The predicted molar refractivity (Wildman–Crippen MR) is 69.5 cm³/mol. The summed E-state index contributed by atoms with van der Waals surface area (Å²) < 4.78 is 26.2. The second-order valence-electron chi connectivity index (χ2n) is 3.77. The van der Waals surface area contributed by atoms with Gasteiger partial charge in [-0.1, -0.05) is 12.1 Å². The number of carbonyl (C=O) groups is 1. The van der Waals surface area contributed by atoms with E-state index in [1.807, 2.05) is 0 Å². The average molecular weight is 271 g/mol. The van der Waals surface area contributed by atoms with Crippen LogP contribution in [0.2, 0.25) is 0 Å². The van der Waals surface area contributed by atoms with Gasteiger partial charge >= 0.3 is 0 Å². The number of hydrogen-bond donors (Lipinski definition) is 3. The van der Waals surface area contributed by atoms with Crippen molar-refractivity contribution in [2.75, 3.05) is 18.8 Å². The van der Waals surface area contributed by atoms with E-state index in [1.165, 1.54) is 6.07 Å². The molecule has 0 saturated carbocycles. The number of benzene rings is 1. The number of nitrogens with two attached hydrogens (primary N) is 1. The molecule has 1 aromatic carbocycles. The number of carbonyl (C=O) groups excluding carboxylic acids is 1. The fraction of sp³-hybridized carbons (Fsp3) is 0.364. The highest BCUT2D eigenvalue weighted by Crippen LogP contribution is 2.21. The third-order valence-electron chi connectivity index (χ3n) is 2.31. The van der Waals surface area contributed by atoms with Gasteiger partial charge in [0.2, 0.25) is 15.9 Å². The van der Waals surface area contributed by atoms with E-state index in [9.17, 15) is 13.2 Å². The van der Waals surface area contributed by atoms with Crippen LogP contribution in [0.25, 0.3) is 0 Å². The fourth-order valence-corrected chi connectivity index (χ4v) is 2.87. The van der Waals surface area contributed by atoms with Gasteiger partial charge in [0.25, 0.3) is 0 Å². The number of likely N-dealkylation sites (N-methyl/N-ethyl adjacent to an activating group) is 1. The molecule has 0 aliphatic heterocycles. The Balaban J connectivity index is 2.91. The van der Waals surface area contributed by atoms with Gasteiger partial charge in [0, 0.05) is 6.54 Å². The maximum atomic E-state index is 12.0. The molecule has 7 heteroatoms. The van der Waals surface area contributed by atoms with E-state index in [0.29, 0.717) is 12.1 Å². The van der Waals surface area contributed by atoms with Crippen LogP contribution in [-0.2, 0) is 14.8 Å². The SMILES string of the molecule is CCNC(=O)CNS(=O)(=O)c1c(C)cccc1N. The fourth-order valence-electron chi connectivity index (χ4n) is 1.53. The minimum Gasteiger partial charge on any atom is -0.398 e. The minimum absolute atomic E-state index is 0.0225. The summed E-state index contributed by atoms with van der Waals surface area (Å²) in [5, 5.41) is 2.50. The van der Waals surface area contributed by atoms with Gasteiger partial charge in [-0.3, -0.25) is 4.79 Å². The van der Waals surface area contributed by atoms with Crippen molar-refractivity contribution >= 4 is 21.6 Å². The van der Waals surface area contributed by atoms with Crippen molar-refractivity contribution in [3.63, 3.8) is 0 Å². The number of nitrogens with one attached hydrogen (secondary N) is 2. The van der Waals surface area contributed by atoms with E-state index in [2.05, 4.69) is 10.0 Å². The number of aryl methyl sites for hydroxylation is 1. The number of nitrogen functional groups attached to an aromatic ring is 1. The van der Waals surface area contributed by atoms with Gasteiger partial charge in [0.15, 0.2) is 0 Å². The van der Waals surface area contributed by atoms with Crippen molar-refractivity contribution in [1.82, 2.24) is 10.0 Å². The van der Waals surface area contributed by atoms with Gasteiger partial charge in [0.1, 0.15) is 4.90 Å². The Hall–Kier alpha value is -1.60. The number of amides is 1. The molecule has 4 N–H and O–H groups in total. The molecule has 0 radical (unpaired) electrons. The quantitative estimate of drug-likeness (QED) is 0.656. The van der Waals surface area contributed by atoms with E-state index in [1.54, 1.807) is 26.0 Å². The van der Waals surface area contributed by atoms with Crippen LogP contribution < -0.4 is 15.8 Å². The Bertz CT molecular complexity index is 520. The summed E-state index contributed by atoms with van der Waals surface area (Å²) in [5.41, 5.74) is 6.36. The maximum absolute atomic E-state index is 12.0. The number of sulfonamides is 1. The lowest BCUT2D eigenvalue weighted by Crippen LogP contribution is -2.37. The molecule has 0 atom stereocenters. The second kappa shape index (κ2) is 5.83. The molecule has 0 unspecified atom stereocenters. The Labute approximate surface area is 107 Å². The molecule has 0 aliphatic carbocycles. The van der Waals surface area contributed by atoms with Crippen molar-refractivity contribution in [2.45, 2.75) is 18.7 Å². The summed E-state index contributed by atoms with van der Waals surface area (Å²) in [5.74, 6) is -0.381. The van der Waals surface area contributed by atoms with Gasteiger partial charge in [-0.2, -0.15) is 0 Å². The third-order valence-corrected chi connectivity index (χ3v) is 3.93. The lowest BCUT2D eigenvalue weighted by atomic mass is 10.2. The van der Waals surface area contributed by atoms with E-state index in [4.69, 9.17) is 5.73 Å². The summed E-state index contributed by atoms with van der Waals surface area (Å²) in [6.07, 6.45) is 0. The van der Waals surface area contributed by atoms with Crippen LogP contribution in [0.15, 0.2) is 23.1 Å². The highest BCUT2D eigenvalue weighted by molar-refractivity contribution is 7.89. The molecule has 0 saturated heterocycles. The maximum Gasteiger partial charge on any atom is 0.243 e. The Morgan fingerprint density at radius 3 is 2.61 bits per heavy atom. The Kier molecular flexibility index (Phi) is 4.69. The topological polar surface area (TPSA) is 101 Å². The summed E-state index contributed by atoms with van der Waals surface area (Å²) in [6.45, 7) is 3.56. The Morgan fingerprint density at radius 2 is 2.06 bits per heavy atom. The van der Waals surface area contributed by atoms with Crippen LogP contribution >= 0.6 is 0 Å². The molecular formula is C11H17N3O3S. The molecule has 0 aromatic heterocycles. The summed E-state index contributed by atoms with van der Waals surface area (Å²) in [6, 6.07) is 4.83. The lowest BCUT2D eigenvalue weighted by Gasteiger charge is -2.11. The monoisotopic (exact) mass is 271 g/mol. The summed E-state index contributed by atoms with van der Waals surface area (Å²) in [4.78, 5) is 11.2. The molecule has 6 nitrogen and oxygen atoms in total. The molecule has 18 heavy (non-hydrogen) atoms. The van der Waals surface area contributed by atoms with Crippen LogP contribution in [0, 0.1) is 6.92 Å². The highest BCUT2D eigenvalue weighted by Gasteiger charge is 2.20. The summed E-state index contributed by atoms with van der Waals surface area (Å²) >= 11 is 0. The van der Waals surface area contributed by atoms with Crippen LogP contribution in [0.1, 0.15) is 12.5 Å². The first-order chi connectivity index (χ1) is 8.38. The number of anilines is 1. The van der Waals surface area contributed by atoms with E-state index in [-0.39, 0.29) is 23.0 Å². The van der Waals surface area contributed by atoms with Gasteiger partial charge in [-0.25, -0.2) is 13.1 Å². The van der Waals surface area contributed by atoms with Crippen molar-refractivity contribution in [3.05, 3.63) is 23.8 Å². The highest BCUT2D eigenvalue weighted by atomic mass is 32.2. The van der Waals surface area contributed by atoms with Crippen LogP contribution in [0.3, 0.4) is 0 Å². The van der Waals surface area contributed by atoms with Gasteiger partial charge in [0.05, 0.1) is 12.2 Å². The second-order valence-corrected chi connectivity index (χ2v) is 5.48. The zero-order valence-corrected chi connectivity index (χ0v) is 11.2. The molecule has 0 spiro atoms. The average Bonchev–Trinajstić information content (AvgIpc) is 2.26. The minimum atomic E-state index is -3.77. The summed E-state index contributed by atoms with van der Waals surface area (Å²) in [7, 11) is -3.77. The number of rotatable bonds is 5. The van der Waals surface area contributed by atoms with Crippen molar-refractivity contribution in [3.8, 4) is 0 Å². The first-order valence-electron chi connectivity index (χ1n) is 5.50. The van der Waals surface area contributed by atoms with Crippen LogP contribution in [0.5, 0.6) is 0 Å². The molecule has 1 amide bonds. The smallest absolute Gasteiger partial charge is 0.243 e. The van der Waals surface area contributed by atoms with E-state index < -0.39 is 10.0 Å². The zero-order chi connectivity index (χ0) is 13.8. The normalized spacial score (nSPS) is 11.2. The predicted octanol–water partition coefficient (Wildman–Crippen LogP) is -0.00838. The largest absolute Gasteiger partial charge is 0.398 e. The molecule has 100 valence electrons. The lowest BCUT2D eigenvalue weighted by molar-refractivity contribution is -0.119. The molecule has 0 heterocycles. The Morgan fingerprint density at radius 1 is 1.39 bits per heavy atom. The standard InChI is InChI=1S/C11H17N3O3S/c1-3-13-10(15)7-14-18(16,17)11-8(2)5-4-6-9(11)12/h4-6,14H,3,7,12H2,1-2H3,(H,13,15). The molecule has 0 aliphatic rings. The van der Waals surface area contributed by atoms with E-state index in [0.717, 1.165) is 0 Å². The molecule has 0 bridgehead atoms. The molecule has 0 fully saturated rings. The third kappa shape index (κ3) is 3.44. The molecular weight excluding hydrogens is 254 g/mol. The van der Waals surface area contributed by atoms with Crippen molar-refractivity contribution < 1.29 is 13.2 Å². The first kappa shape index (κ1) is 14.5. The van der Waals surface area contributed by atoms with Crippen molar-refractivity contribution in [2.24, 2.45) is 0 Å². The first-order valence-corrected chi connectivity index (χ1v) is 6.98. The van der Waals surface area contributed by atoms with Crippen molar-refractivity contribution in [1.29, 1.82) is 0 Å². The van der Waals surface area contributed by atoms with E-state index >= 15 is 0 Å². The van der Waals surface area contributed by atoms with Gasteiger partial charge in [-0.05, 0) is 25.5 Å². The van der Waals surface area contributed by atoms with Crippen LogP contribution in [-0.4, -0.2) is 27.4 Å². The van der Waals surface area contributed by atoms with Crippen LogP contribution in [0.4, 0.5) is 5.69 Å². The zero-order valence-electron chi connectivity index (χ0n) is 10.4. The number of hydrogen-bond acceptors (Lipinski definition) is 4. The molecule has 1 rings (SSSR count). The molecule has 1 aromatic rings. The van der Waals surface area contributed by atoms with Gasteiger partial charge in [-0.15, -0.1) is 0 Å². The van der Waals surface area contributed by atoms with Gasteiger partial charge < -0.3 is 11.1 Å².